The molecule has 2 fully saturated rings. The van der Waals surface area contributed by atoms with E-state index in [1.54, 1.807) is 0 Å². The third-order valence-electron chi connectivity index (χ3n) is 7.16. The second kappa shape index (κ2) is 12.3. The maximum Gasteiger partial charge on any atom is 0.338 e. The van der Waals surface area contributed by atoms with Crippen LogP contribution in [-0.2, 0) is 20.9 Å². The van der Waals surface area contributed by atoms with E-state index in [0.717, 1.165) is 19.6 Å². The summed E-state index contributed by atoms with van der Waals surface area (Å²) in [6.45, 7) is 3.43. The van der Waals surface area contributed by atoms with Gasteiger partial charge in [-0.15, -0.1) is 0 Å². The second-order valence-corrected chi connectivity index (χ2v) is 10.6. The fourth-order valence-electron chi connectivity index (χ4n) is 4.96. The molecular weight excluding hydrogens is 553 g/mol. The first-order valence-corrected chi connectivity index (χ1v) is 13.7. The molecule has 0 spiro atoms. The number of ketones is 1. The van der Waals surface area contributed by atoms with E-state index in [-0.39, 0.29) is 34.4 Å². The molecular formula is C30H27Cl2N3O5. The number of halogens is 2. The average Bonchev–Trinajstić information content (AvgIpc) is 3.27. The Morgan fingerprint density at radius 2 is 1.50 bits per heavy atom. The van der Waals surface area contributed by atoms with Crippen molar-refractivity contribution < 1.29 is 23.9 Å². The number of Topliss-reactive ketones (excluding diaryl/α,β-unsaturated/α-hetero) is 1. The monoisotopic (exact) mass is 579 g/mol. The van der Waals surface area contributed by atoms with Crippen LogP contribution in [0.2, 0.25) is 10.0 Å². The van der Waals surface area contributed by atoms with Crippen LogP contribution in [0.1, 0.15) is 32.7 Å². The van der Waals surface area contributed by atoms with Gasteiger partial charge in [0.2, 0.25) is 5.91 Å². The van der Waals surface area contributed by atoms with E-state index < -0.39 is 24.4 Å². The number of imide groups is 1. The molecule has 0 radical (unpaired) electrons. The van der Waals surface area contributed by atoms with Crippen LogP contribution in [0.25, 0.3) is 0 Å². The Hall–Kier alpha value is -3.56. The molecule has 2 saturated heterocycles. The Balaban J connectivity index is 1.15. The van der Waals surface area contributed by atoms with Gasteiger partial charge in [-0.2, -0.15) is 0 Å². The molecule has 0 N–H and O–H groups in total. The highest BCUT2D eigenvalue weighted by molar-refractivity contribution is 6.42. The van der Waals surface area contributed by atoms with Gasteiger partial charge in [0, 0.05) is 38.3 Å². The SMILES string of the molecule is O=C(COC(=O)c1ccc(N2C(=O)CC(N3CCN(Cc4ccccc4)CC3)C2=O)cc1)c1ccc(Cl)c(Cl)c1. The van der Waals surface area contributed by atoms with E-state index in [0.29, 0.717) is 23.8 Å². The zero-order chi connectivity index (χ0) is 28.2. The number of hydrogen-bond acceptors (Lipinski definition) is 7. The van der Waals surface area contributed by atoms with Gasteiger partial charge in [0.15, 0.2) is 12.4 Å². The van der Waals surface area contributed by atoms with E-state index in [1.807, 2.05) is 18.2 Å². The van der Waals surface area contributed by atoms with Crippen molar-refractivity contribution in [2.45, 2.75) is 19.0 Å². The Morgan fingerprint density at radius 3 is 2.17 bits per heavy atom. The van der Waals surface area contributed by atoms with Crippen LogP contribution >= 0.6 is 23.2 Å². The first kappa shape index (κ1) is 28.0. The van der Waals surface area contributed by atoms with E-state index in [1.165, 1.54) is 52.9 Å². The van der Waals surface area contributed by atoms with Crippen LogP contribution in [-0.4, -0.2) is 72.2 Å². The van der Waals surface area contributed by atoms with Crippen molar-refractivity contribution in [3.05, 3.63) is 99.5 Å². The number of nitrogens with zero attached hydrogens (tertiary/aromatic N) is 3. The molecule has 206 valence electrons. The van der Waals surface area contributed by atoms with Crippen molar-refractivity contribution in [3.8, 4) is 0 Å². The highest BCUT2D eigenvalue weighted by Crippen LogP contribution is 2.27. The normalized spacial score (nSPS) is 18.2. The molecule has 8 nitrogen and oxygen atoms in total. The molecule has 2 heterocycles. The minimum Gasteiger partial charge on any atom is -0.454 e. The van der Waals surface area contributed by atoms with Gasteiger partial charge in [-0.25, -0.2) is 9.69 Å². The first-order valence-electron chi connectivity index (χ1n) is 12.9. The Labute approximate surface area is 242 Å². The summed E-state index contributed by atoms with van der Waals surface area (Å²) in [5.74, 6) is -1.66. The van der Waals surface area contributed by atoms with Crippen LogP contribution in [0.15, 0.2) is 72.8 Å². The van der Waals surface area contributed by atoms with E-state index >= 15 is 0 Å². The Morgan fingerprint density at radius 1 is 0.825 bits per heavy atom. The molecule has 40 heavy (non-hydrogen) atoms. The summed E-state index contributed by atoms with van der Waals surface area (Å²) < 4.78 is 5.14. The summed E-state index contributed by atoms with van der Waals surface area (Å²) in [4.78, 5) is 56.5. The van der Waals surface area contributed by atoms with Crippen molar-refractivity contribution in [1.82, 2.24) is 9.80 Å². The zero-order valence-electron chi connectivity index (χ0n) is 21.6. The van der Waals surface area contributed by atoms with Gasteiger partial charge in [0.05, 0.1) is 33.8 Å². The maximum absolute atomic E-state index is 13.3. The van der Waals surface area contributed by atoms with E-state index in [4.69, 9.17) is 27.9 Å². The summed E-state index contributed by atoms with van der Waals surface area (Å²) in [7, 11) is 0. The molecule has 3 aromatic carbocycles. The maximum atomic E-state index is 13.3. The number of piperazine rings is 1. The third kappa shape index (κ3) is 6.26. The van der Waals surface area contributed by atoms with Crippen LogP contribution in [0.4, 0.5) is 5.69 Å². The fraction of sp³-hybridized carbons (Fsp3) is 0.267. The van der Waals surface area contributed by atoms with Crippen LogP contribution in [0.5, 0.6) is 0 Å². The smallest absolute Gasteiger partial charge is 0.338 e. The molecule has 10 heteroatoms. The number of carbonyl (C=O) groups is 4. The zero-order valence-corrected chi connectivity index (χ0v) is 23.1. The average molecular weight is 580 g/mol. The summed E-state index contributed by atoms with van der Waals surface area (Å²) in [5, 5.41) is 0.547. The third-order valence-corrected chi connectivity index (χ3v) is 7.90. The molecule has 0 aromatic heterocycles. The van der Waals surface area contributed by atoms with Crippen LogP contribution < -0.4 is 4.90 Å². The van der Waals surface area contributed by atoms with Gasteiger partial charge < -0.3 is 4.74 Å². The van der Waals surface area contributed by atoms with E-state index in [9.17, 15) is 19.2 Å². The summed E-state index contributed by atoms with van der Waals surface area (Å²) in [5.41, 5.74) is 2.11. The molecule has 1 unspecified atom stereocenters. The quantitative estimate of drug-likeness (QED) is 0.221. The Bertz CT molecular complexity index is 1420. The van der Waals surface area contributed by atoms with Gasteiger partial charge in [0.1, 0.15) is 0 Å². The van der Waals surface area contributed by atoms with Crippen LogP contribution in [0, 0.1) is 0 Å². The molecule has 2 amide bonds. The number of rotatable bonds is 8. The number of esters is 1. The van der Waals surface area contributed by atoms with Crippen molar-refractivity contribution in [2.75, 3.05) is 37.7 Å². The van der Waals surface area contributed by atoms with Gasteiger partial charge in [-0.3, -0.25) is 24.2 Å². The molecule has 1 atom stereocenters. The summed E-state index contributed by atoms with van der Waals surface area (Å²) in [6, 6.07) is 20.2. The number of anilines is 1. The number of carbonyl (C=O) groups excluding carboxylic acids is 4. The highest BCUT2D eigenvalue weighted by atomic mass is 35.5. The predicted molar refractivity (Wildman–Crippen MR) is 152 cm³/mol. The lowest BCUT2D eigenvalue weighted by atomic mass is 10.1. The lowest BCUT2D eigenvalue weighted by Crippen LogP contribution is -2.52. The summed E-state index contributed by atoms with van der Waals surface area (Å²) in [6.07, 6.45) is 0.123. The number of ether oxygens (including phenoxy) is 1. The number of benzene rings is 3. The van der Waals surface area contributed by atoms with Gasteiger partial charge in [-0.05, 0) is 48.0 Å². The van der Waals surface area contributed by atoms with Crippen LogP contribution in [0.3, 0.4) is 0 Å². The predicted octanol–water partition coefficient (Wildman–Crippen LogP) is 4.48. The lowest BCUT2D eigenvalue weighted by molar-refractivity contribution is -0.123. The molecule has 0 saturated carbocycles. The number of amides is 2. The molecule has 2 aliphatic heterocycles. The Kier molecular flexibility index (Phi) is 8.61. The summed E-state index contributed by atoms with van der Waals surface area (Å²) >= 11 is 11.8. The van der Waals surface area contributed by atoms with Crippen molar-refractivity contribution >= 4 is 52.5 Å². The van der Waals surface area contributed by atoms with E-state index in [2.05, 4.69) is 21.9 Å². The fourth-order valence-corrected chi connectivity index (χ4v) is 5.26. The van der Waals surface area contributed by atoms with Gasteiger partial charge in [-0.1, -0.05) is 53.5 Å². The molecule has 0 bridgehead atoms. The van der Waals surface area contributed by atoms with Crippen molar-refractivity contribution in [2.24, 2.45) is 0 Å². The second-order valence-electron chi connectivity index (χ2n) is 9.76. The van der Waals surface area contributed by atoms with Gasteiger partial charge in [0.25, 0.3) is 5.91 Å². The molecule has 2 aliphatic rings. The first-order chi connectivity index (χ1) is 19.3. The number of hydrogen-bond donors (Lipinski definition) is 0. The molecule has 3 aromatic rings. The molecule has 5 rings (SSSR count). The van der Waals surface area contributed by atoms with Crippen molar-refractivity contribution in [3.63, 3.8) is 0 Å². The van der Waals surface area contributed by atoms with Gasteiger partial charge >= 0.3 is 5.97 Å². The minimum absolute atomic E-state index is 0.123. The highest BCUT2D eigenvalue weighted by Gasteiger charge is 2.43. The lowest BCUT2D eigenvalue weighted by Gasteiger charge is -2.37. The molecule has 0 aliphatic carbocycles. The topological polar surface area (TPSA) is 87.2 Å². The largest absolute Gasteiger partial charge is 0.454 e. The van der Waals surface area contributed by atoms with Crippen molar-refractivity contribution in [1.29, 1.82) is 0 Å². The standard InChI is InChI=1S/C30H27Cl2N3O5/c31-24-11-8-22(16-25(24)32)27(36)19-40-30(39)21-6-9-23(10-7-21)35-28(37)17-26(29(35)38)34-14-12-33(13-15-34)18-20-4-2-1-3-5-20/h1-11,16,26H,12-15,17-19H2. The minimum atomic E-state index is -0.703.